The van der Waals surface area contributed by atoms with Crippen LogP contribution >= 0.6 is 0 Å². The normalized spacial score (nSPS) is 14.0. The van der Waals surface area contributed by atoms with Crippen molar-refractivity contribution in [2.75, 3.05) is 4.90 Å². The second-order valence-corrected chi connectivity index (χ2v) is 21.4. The molecular weight excluding hydrogens is 883 g/mol. The van der Waals surface area contributed by atoms with Crippen LogP contribution in [0.25, 0.3) is 99.1 Å². The molecule has 0 N–H and O–H groups in total. The Morgan fingerprint density at radius 1 is 0.288 bits per heavy atom. The van der Waals surface area contributed by atoms with Crippen LogP contribution in [0, 0.1) is 0 Å². The molecule has 3 nitrogen and oxygen atoms in total. The molecule has 0 atom stereocenters. The van der Waals surface area contributed by atoms with Crippen LogP contribution in [0.2, 0.25) is 0 Å². The molecule has 0 radical (unpaired) electrons. The minimum atomic E-state index is -0.249. The second-order valence-electron chi connectivity index (χ2n) is 21.4. The van der Waals surface area contributed by atoms with Gasteiger partial charge in [0.1, 0.15) is 0 Å². The quantitative estimate of drug-likeness (QED) is 0.162. The predicted molar refractivity (Wildman–Crippen MR) is 308 cm³/mol. The molecule has 0 amide bonds. The van der Waals surface area contributed by atoms with Gasteiger partial charge in [0.05, 0.1) is 22.1 Å². The van der Waals surface area contributed by atoms with E-state index in [1.165, 1.54) is 116 Å². The van der Waals surface area contributed by atoms with E-state index in [4.69, 9.17) is 0 Å². The lowest BCUT2D eigenvalue weighted by Crippen LogP contribution is -2.18. The molecule has 2 heterocycles. The smallest absolute Gasteiger partial charge is 0.0541 e. The molecule has 2 aromatic heterocycles. The van der Waals surface area contributed by atoms with Gasteiger partial charge in [0.15, 0.2) is 0 Å². The molecule has 0 aliphatic heterocycles. The zero-order valence-electron chi connectivity index (χ0n) is 41.4. The third-order valence-electron chi connectivity index (χ3n) is 16.7. The number of rotatable bonds is 6. The maximum absolute atomic E-state index is 2.48. The highest BCUT2D eigenvalue weighted by Gasteiger charge is 2.38. The fourth-order valence-electron chi connectivity index (χ4n) is 13.0. The summed E-state index contributed by atoms with van der Waals surface area (Å²) in [7, 11) is 0. The molecule has 346 valence electrons. The molecule has 0 fully saturated rings. The summed E-state index contributed by atoms with van der Waals surface area (Å²) in [5.74, 6) is 0. The zero-order chi connectivity index (χ0) is 48.7. The molecule has 0 bridgehead atoms. The maximum atomic E-state index is 2.48. The molecule has 0 unspecified atom stereocenters. The van der Waals surface area contributed by atoms with Crippen LogP contribution in [0.1, 0.15) is 49.9 Å². The molecule has 0 saturated heterocycles. The Kier molecular flexibility index (Phi) is 8.76. The summed E-state index contributed by atoms with van der Waals surface area (Å²) < 4.78 is 4.83. The number of para-hydroxylation sites is 3. The molecule has 73 heavy (non-hydrogen) atoms. The molecular formula is C70H51N3. The first kappa shape index (κ1) is 41.8. The van der Waals surface area contributed by atoms with Crippen molar-refractivity contribution in [3.05, 3.63) is 259 Å². The van der Waals surface area contributed by atoms with E-state index in [2.05, 4.69) is 278 Å². The number of benzene rings is 11. The summed E-state index contributed by atoms with van der Waals surface area (Å²) in [6, 6.07) is 88.4. The Bertz CT molecular complexity index is 4390. The van der Waals surface area contributed by atoms with E-state index >= 15 is 0 Å². The van der Waals surface area contributed by atoms with Crippen molar-refractivity contribution in [1.82, 2.24) is 9.13 Å². The third kappa shape index (κ3) is 6.06. The van der Waals surface area contributed by atoms with Gasteiger partial charge in [-0.3, -0.25) is 0 Å². The van der Waals surface area contributed by atoms with Crippen LogP contribution in [-0.4, -0.2) is 9.13 Å². The lowest BCUT2D eigenvalue weighted by molar-refractivity contribution is 0.660. The number of aromatic nitrogens is 2. The van der Waals surface area contributed by atoms with Crippen molar-refractivity contribution in [3.63, 3.8) is 0 Å². The van der Waals surface area contributed by atoms with Gasteiger partial charge in [0.2, 0.25) is 0 Å². The Labute approximate surface area is 425 Å². The zero-order valence-corrected chi connectivity index (χ0v) is 41.4. The maximum Gasteiger partial charge on any atom is 0.0541 e. The van der Waals surface area contributed by atoms with Gasteiger partial charge in [-0.25, -0.2) is 0 Å². The van der Waals surface area contributed by atoms with E-state index < -0.39 is 0 Å². The summed E-state index contributed by atoms with van der Waals surface area (Å²) in [6.45, 7) is 9.56. The molecule has 2 aliphatic rings. The number of anilines is 3. The van der Waals surface area contributed by atoms with E-state index in [1.807, 2.05) is 0 Å². The van der Waals surface area contributed by atoms with Crippen LogP contribution in [0.5, 0.6) is 0 Å². The topological polar surface area (TPSA) is 13.1 Å². The first-order valence-electron chi connectivity index (χ1n) is 25.7. The molecule has 0 saturated carbocycles. The fraction of sp³-hybridized carbons (Fsp3) is 0.0857. The van der Waals surface area contributed by atoms with Crippen molar-refractivity contribution < 1.29 is 0 Å². The monoisotopic (exact) mass is 933 g/mol. The fourth-order valence-corrected chi connectivity index (χ4v) is 13.0. The van der Waals surface area contributed by atoms with E-state index in [0.717, 1.165) is 22.7 Å². The highest BCUT2D eigenvalue weighted by atomic mass is 15.1. The molecule has 0 spiro atoms. The van der Waals surface area contributed by atoms with Crippen molar-refractivity contribution in [2.45, 2.75) is 38.5 Å². The van der Waals surface area contributed by atoms with Crippen LogP contribution in [-0.2, 0) is 10.8 Å². The number of fused-ring (bicyclic) bond motifs is 13. The Balaban J connectivity index is 0.835. The average Bonchev–Trinajstić information content (AvgIpc) is 4.09. The second kappa shape index (κ2) is 15.3. The standard InChI is InChI=1S/C70H51N3/c1-69(2)61-21-11-7-17-53(61)55-36-33-51(42-63(55)69)71(48-29-31-49(32-30-48)72-65-22-12-8-18-57(65)58-19-9-13-23-66(58)72)52-34-37-56-54-35-26-47(41-62(54)70(3,4)64(56)43-52)46-27-38-68-60(40-46)59-20-10-14-24-67(59)73(68)50-28-25-44-15-5-6-16-45(44)39-50/h5-43H,1-4H3. The van der Waals surface area contributed by atoms with Gasteiger partial charge in [-0.15, -0.1) is 0 Å². The van der Waals surface area contributed by atoms with Gasteiger partial charge in [0.25, 0.3) is 0 Å². The Morgan fingerprint density at radius 3 is 1.38 bits per heavy atom. The summed E-state index contributed by atoms with van der Waals surface area (Å²) >= 11 is 0. The minimum Gasteiger partial charge on any atom is -0.310 e. The van der Waals surface area contributed by atoms with Crippen LogP contribution < -0.4 is 4.90 Å². The summed E-state index contributed by atoms with van der Waals surface area (Å²) in [5, 5.41) is 7.55. The first-order valence-corrected chi connectivity index (χ1v) is 25.7. The van der Waals surface area contributed by atoms with Crippen LogP contribution in [0.15, 0.2) is 237 Å². The van der Waals surface area contributed by atoms with Crippen LogP contribution in [0.3, 0.4) is 0 Å². The van der Waals surface area contributed by atoms with Crippen molar-refractivity contribution in [2.24, 2.45) is 0 Å². The highest BCUT2D eigenvalue weighted by molar-refractivity contribution is 6.11. The van der Waals surface area contributed by atoms with Gasteiger partial charge in [-0.2, -0.15) is 0 Å². The highest BCUT2D eigenvalue weighted by Crippen LogP contribution is 2.54. The predicted octanol–water partition coefficient (Wildman–Crippen LogP) is 18.8. The third-order valence-corrected chi connectivity index (χ3v) is 16.7. The Morgan fingerprint density at radius 2 is 0.726 bits per heavy atom. The summed E-state index contributed by atoms with van der Waals surface area (Å²) in [5.41, 5.74) is 23.4. The lowest BCUT2D eigenvalue weighted by atomic mass is 9.81. The number of nitrogens with zero attached hydrogens (tertiary/aromatic N) is 3. The SMILES string of the molecule is CC1(C)c2ccccc2-c2ccc(N(c3ccc(-n4c5ccccc5c5ccccc54)cc3)c3ccc4c(c3)C(C)(C)c3cc(-c5ccc6c(c5)c5ccccc5n6-c5ccc6ccccc6c5)ccc3-4)cc21. The van der Waals surface area contributed by atoms with Gasteiger partial charge < -0.3 is 14.0 Å². The van der Waals surface area contributed by atoms with Crippen molar-refractivity contribution in [1.29, 1.82) is 0 Å². The molecule has 15 rings (SSSR count). The number of hydrogen-bond donors (Lipinski definition) is 0. The van der Waals surface area contributed by atoms with Gasteiger partial charge >= 0.3 is 0 Å². The van der Waals surface area contributed by atoms with E-state index in [-0.39, 0.29) is 10.8 Å². The number of hydrogen-bond acceptors (Lipinski definition) is 1. The van der Waals surface area contributed by atoms with E-state index in [0.29, 0.717) is 0 Å². The minimum absolute atomic E-state index is 0.133. The first-order chi connectivity index (χ1) is 35.7. The van der Waals surface area contributed by atoms with Gasteiger partial charge in [0, 0.05) is 60.8 Å². The molecule has 2 aliphatic carbocycles. The van der Waals surface area contributed by atoms with Gasteiger partial charge in [-0.05, 0) is 163 Å². The summed E-state index contributed by atoms with van der Waals surface area (Å²) in [6.07, 6.45) is 0. The van der Waals surface area contributed by atoms with Crippen LogP contribution in [0.4, 0.5) is 17.1 Å². The van der Waals surface area contributed by atoms with Crippen molar-refractivity contribution >= 4 is 71.4 Å². The average molecular weight is 934 g/mol. The summed E-state index contributed by atoms with van der Waals surface area (Å²) in [4.78, 5) is 2.48. The van der Waals surface area contributed by atoms with Gasteiger partial charge in [-0.1, -0.05) is 167 Å². The molecule has 3 heteroatoms. The lowest BCUT2D eigenvalue weighted by Gasteiger charge is -2.30. The van der Waals surface area contributed by atoms with Crippen molar-refractivity contribution in [3.8, 4) is 44.8 Å². The largest absolute Gasteiger partial charge is 0.310 e. The molecule has 13 aromatic rings. The van der Waals surface area contributed by atoms with E-state index in [9.17, 15) is 0 Å². The Hall–Kier alpha value is -8.92. The van der Waals surface area contributed by atoms with E-state index in [1.54, 1.807) is 0 Å². The molecule has 11 aromatic carbocycles.